The third-order valence-electron chi connectivity index (χ3n) is 8.94. The first kappa shape index (κ1) is 28.4. The number of piperidine rings is 1. The molecule has 0 radical (unpaired) electrons. The lowest BCUT2D eigenvalue weighted by molar-refractivity contribution is -0.123. The molecule has 3 saturated heterocycles. The minimum absolute atomic E-state index is 0.0928. The van der Waals surface area contributed by atoms with E-state index in [4.69, 9.17) is 9.72 Å². The number of rotatable bonds is 9. The van der Waals surface area contributed by atoms with Crippen molar-refractivity contribution in [1.82, 2.24) is 25.0 Å². The highest BCUT2D eigenvalue weighted by atomic mass is 16.5. The molecular formula is C30H44N6O4. The van der Waals surface area contributed by atoms with Crippen LogP contribution in [-0.2, 0) is 4.79 Å². The number of anilines is 1. The minimum atomic E-state index is -0.849. The zero-order valence-corrected chi connectivity index (χ0v) is 23.8. The van der Waals surface area contributed by atoms with Gasteiger partial charge in [-0.25, -0.2) is 4.79 Å². The van der Waals surface area contributed by atoms with E-state index in [1.54, 1.807) is 7.11 Å². The molecule has 40 heavy (non-hydrogen) atoms. The molecule has 218 valence electrons. The SMILES string of the molecule is COc1ccc2cccnc2c1N1CCCN(C(CC(=O)NCCN2CCCC2)C2CCN(C(=O)O)CC2)CC1. The van der Waals surface area contributed by atoms with Crippen LogP contribution in [0, 0.1) is 5.92 Å². The summed E-state index contributed by atoms with van der Waals surface area (Å²) in [6, 6.07) is 8.20. The number of carboxylic acid groups (broad SMARTS) is 1. The van der Waals surface area contributed by atoms with E-state index < -0.39 is 6.09 Å². The second-order valence-corrected chi connectivity index (χ2v) is 11.3. The van der Waals surface area contributed by atoms with Crippen LogP contribution in [0.2, 0.25) is 0 Å². The van der Waals surface area contributed by atoms with Crippen LogP contribution in [0.5, 0.6) is 5.75 Å². The van der Waals surface area contributed by atoms with Crippen LogP contribution in [0.25, 0.3) is 10.9 Å². The van der Waals surface area contributed by atoms with Crippen molar-refractivity contribution in [3.8, 4) is 5.75 Å². The lowest BCUT2D eigenvalue weighted by atomic mass is 9.86. The van der Waals surface area contributed by atoms with Crippen LogP contribution in [-0.4, -0.2) is 115 Å². The third kappa shape index (κ3) is 6.78. The maximum atomic E-state index is 13.2. The molecule has 0 bridgehead atoms. The Hall–Kier alpha value is -3.11. The molecule has 2 amide bonds. The number of fused-ring (bicyclic) bond motifs is 1. The average molecular weight is 553 g/mol. The Bertz CT molecular complexity index is 1150. The number of amides is 2. The topological polar surface area (TPSA) is 101 Å². The molecular weight excluding hydrogens is 508 g/mol. The highest BCUT2D eigenvalue weighted by Crippen LogP contribution is 2.36. The average Bonchev–Trinajstić information content (AvgIpc) is 3.38. The van der Waals surface area contributed by atoms with E-state index in [2.05, 4.69) is 32.1 Å². The number of hydrogen-bond acceptors (Lipinski definition) is 7. The summed E-state index contributed by atoms with van der Waals surface area (Å²) in [7, 11) is 1.71. The Balaban J connectivity index is 1.28. The fourth-order valence-corrected chi connectivity index (χ4v) is 6.77. The van der Waals surface area contributed by atoms with Crippen molar-refractivity contribution in [3.05, 3.63) is 30.5 Å². The van der Waals surface area contributed by atoms with Crippen molar-refractivity contribution in [3.63, 3.8) is 0 Å². The summed E-state index contributed by atoms with van der Waals surface area (Å²) < 4.78 is 5.77. The standard InChI is InChI=1S/C30H44N6O4/c1-40-26-8-7-24-6-4-11-32-28(24)29(26)35-16-5-15-34(20-21-35)25(23-9-17-36(18-10-23)30(38)39)22-27(37)31-12-19-33-13-2-3-14-33/h4,6-8,11,23,25H,2-3,5,9-10,12-22H2,1H3,(H,31,37)(H,38,39). The van der Waals surface area contributed by atoms with Crippen LogP contribution in [0.4, 0.5) is 10.5 Å². The Morgan fingerprint density at radius 3 is 2.58 bits per heavy atom. The van der Waals surface area contributed by atoms with Gasteiger partial charge in [-0.2, -0.15) is 0 Å². The van der Waals surface area contributed by atoms with E-state index in [0.29, 0.717) is 32.0 Å². The first-order chi connectivity index (χ1) is 19.5. The summed E-state index contributed by atoms with van der Waals surface area (Å²) in [6.07, 6.45) is 6.48. The van der Waals surface area contributed by atoms with Gasteiger partial charge in [-0.05, 0) is 69.3 Å². The predicted molar refractivity (Wildman–Crippen MR) is 156 cm³/mol. The number of pyridine rings is 1. The van der Waals surface area contributed by atoms with Crippen molar-refractivity contribution in [2.45, 2.75) is 44.6 Å². The molecule has 3 aliphatic heterocycles. The Labute approximate surface area is 237 Å². The number of aromatic nitrogens is 1. The van der Waals surface area contributed by atoms with Gasteiger partial charge in [-0.1, -0.05) is 6.07 Å². The van der Waals surface area contributed by atoms with Gasteiger partial charge in [0.25, 0.3) is 0 Å². The number of likely N-dealkylation sites (tertiary alicyclic amines) is 2. The second-order valence-electron chi connectivity index (χ2n) is 11.3. The highest BCUT2D eigenvalue weighted by Gasteiger charge is 2.34. The molecule has 1 aromatic heterocycles. The lowest BCUT2D eigenvalue weighted by Crippen LogP contribution is -2.49. The van der Waals surface area contributed by atoms with Gasteiger partial charge < -0.3 is 29.9 Å². The van der Waals surface area contributed by atoms with E-state index in [-0.39, 0.29) is 11.9 Å². The van der Waals surface area contributed by atoms with Gasteiger partial charge in [0.15, 0.2) is 0 Å². The number of ether oxygens (including phenoxy) is 1. The van der Waals surface area contributed by atoms with E-state index in [1.165, 1.54) is 17.7 Å². The van der Waals surface area contributed by atoms with Gasteiger partial charge in [-0.3, -0.25) is 14.7 Å². The fraction of sp³-hybridized carbons (Fsp3) is 0.633. The first-order valence-electron chi connectivity index (χ1n) is 14.9. The number of carbonyl (C=O) groups excluding carboxylic acids is 1. The fourth-order valence-electron chi connectivity index (χ4n) is 6.77. The number of methoxy groups -OCH3 is 1. The summed E-state index contributed by atoms with van der Waals surface area (Å²) in [5, 5.41) is 13.7. The van der Waals surface area contributed by atoms with Gasteiger partial charge in [0.1, 0.15) is 11.4 Å². The Morgan fingerprint density at radius 1 is 1.02 bits per heavy atom. The summed E-state index contributed by atoms with van der Waals surface area (Å²) in [5.41, 5.74) is 1.98. The molecule has 1 unspecified atom stereocenters. The Kier molecular flexibility index (Phi) is 9.59. The minimum Gasteiger partial charge on any atom is -0.494 e. The zero-order valence-electron chi connectivity index (χ0n) is 23.8. The summed E-state index contributed by atoms with van der Waals surface area (Å²) in [6.45, 7) is 8.35. The van der Waals surface area contributed by atoms with E-state index in [0.717, 1.165) is 87.4 Å². The van der Waals surface area contributed by atoms with E-state index >= 15 is 0 Å². The van der Waals surface area contributed by atoms with Crippen molar-refractivity contribution < 1.29 is 19.4 Å². The second kappa shape index (κ2) is 13.5. The molecule has 10 nitrogen and oxygen atoms in total. The maximum Gasteiger partial charge on any atom is 0.407 e. The monoisotopic (exact) mass is 552 g/mol. The van der Waals surface area contributed by atoms with Crippen LogP contribution >= 0.6 is 0 Å². The predicted octanol–water partition coefficient (Wildman–Crippen LogP) is 3.12. The summed E-state index contributed by atoms with van der Waals surface area (Å²) >= 11 is 0. The van der Waals surface area contributed by atoms with Gasteiger partial charge in [0.2, 0.25) is 5.91 Å². The molecule has 4 heterocycles. The third-order valence-corrected chi connectivity index (χ3v) is 8.94. The van der Waals surface area contributed by atoms with Gasteiger partial charge in [0, 0.05) is 76.4 Å². The largest absolute Gasteiger partial charge is 0.494 e. The molecule has 2 N–H and O–H groups in total. The molecule has 0 spiro atoms. The molecule has 3 aliphatic rings. The van der Waals surface area contributed by atoms with E-state index in [1.807, 2.05) is 18.3 Å². The van der Waals surface area contributed by atoms with Gasteiger partial charge >= 0.3 is 6.09 Å². The molecule has 1 aromatic carbocycles. The number of benzene rings is 1. The molecule has 1 atom stereocenters. The van der Waals surface area contributed by atoms with E-state index in [9.17, 15) is 14.7 Å². The number of nitrogens with zero attached hydrogens (tertiary/aromatic N) is 5. The highest BCUT2D eigenvalue weighted by molar-refractivity contribution is 5.94. The quantitative estimate of drug-likeness (QED) is 0.490. The first-order valence-corrected chi connectivity index (χ1v) is 14.9. The summed E-state index contributed by atoms with van der Waals surface area (Å²) in [5.74, 6) is 1.22. The number of hydrogen-bond donors (Lipinski definition) is 2. The van der Waals surface area contributed by atoms with Crippen LogP contribution in [0.1, 0.15) is 38.5 Å². The maximum absolute atomic E-state index is 13.2. The van der Waals surface area contributed by atoms with Crippen molar-refractivity contribution >= 4 is 28.6 Å². The Morgan fingerprint density at radius 2 is 1.82 bits per heavy atom. The molecule has 5 rings (SSSR count). The zero-order chi connectivity index (χ0) is 27.9. The van der Waals surface area contributed by atoms with Crippen molar-refractivity contribution in [1.29, 1.82) is 0 Å². The lowest BCUT2D eigenvalue weighted by Gasteiger charge is -2.40. The van der Waals surface area contributed by atoms with Gasteiger partial charge in [0.05, 0.1) is 12.6 Å². The van der Waals surface area contributed by atoms with Crippen LogP contribution < -0.4 is 15.0 Å². The number of nitrogens with one attached hydrogen (secondary N) is 1. The molecule has 3 fully saturated rings. The smallest absolute Gasteiger partial charge is 0.407 e. The van der Waals surface area contributed by atoms with Crippen molar-refractivity contribution in [2.24, 2.45) is 5.92 Å². The molecule has 2 aromatic rings. The van der Waals surface area contributed by atoms with Gasteiger partial charge in [-0.15, -0.1) is 0 Å². The normalized spacial score (nSPS) is 20.4. The van der Waals surface area contributed by atoms with Crippen LogP contribution in [0.15, 0.2) is 30.5 Å². The van der Waals surface area contributed by atoms with Crippen molar-refractivity contribution in [2.75, 3.05) is 77.5 Å². The molecule has 0 aliphatic carbocycles. The summed E-state index contributed by atoms with van der Waals surface area (Å²) in [4.78, 5) is 38.2. The number of carbonyl (C=O) groups is 2. The van der Waals surface area contributed by atoms with Crippen LogP contribution in [0.3, 0.4) is 0 Å². The molecule has 0 saturated carbocycles. The molecule has 10 heteroatoms.